The van der Waals surface area contributed by atoms with Gasteiger partial charge in [0.05, 0.1) is 5.69 Å². The zero-order valence-electron chi connectivity index (χ0n) is 16.1. The largest absolute Gasteiger partial charge is 0.298 e. The number of hydrogen-bond acceptors (Lipinski definition) is 6. The first-order chi connectivity index (χ1) is 14.8. The minimum absolute atomic E-state index is 0.189. The van der Waals surface area contributed by atoms with Crippen LogP contribution in [-0.4, -0.2) is 19.3 Å². The molecule has 0 radical (unpaired) electrons. The van der Waals surface area contributed by atoms with Gasteiger partial charge in [0.1, 0.15) is 10.0 Å². The molecular formula is C21H16FN3O3S3. The summed E-state index contributed by atoms with van der Waals surface area (Å²) in [5, 5.41) is 4.81. The van der Waals surface area contributed by atoms with Gasteiger partial charge in [0.2, 0.25) is 0 Å². The van der Waals surface area contributed by atoms with Crippen LogP contribution < -0.4 is 10.0 Å². The van der Waals surface area contributed by atoms with E-state index in [1.54, 1.807) is 41.8 Å². The lowest BCUT2D eigenvalue weighted by Crippen LogP contribution is -2.14. The fourth-order valence-electron chi connectivity index (χ4n) is 2.84. The van der Waals surface area contributed by atoms with Crippen LogP contribution in [0.1, 0.15) is 15.2 Å². The van der Waals surface area contributed by atoms with Crippen molar-refractivity contribution in [1.82, 2.24) is 4.98 Å². The lowest BCUT2D eigenvalue weighted by atomic mass is 10.1. The molecule has 0 unspecified atom stereocenters. The Hall–Kier alpha value is -3.08. The molecule has 1 amide bonds. The Morgan fingerprint density at radius 2 is 1.84 bits per heavy atom. The van der Waals surface area contributed by atoms with Gasteiger partial charge in [-0.05, 0) is 60.8 Å². The molecule has 4 rings (SSSR count). The average Bonchev–Trinajstić information content (AvgIpc) is 3.39. The molecule has 158 valence electrons. The highest BCUT2D eigenvalue weighted by atomic mass is 32.2. The number of hydrogen-bond donors (Lipinski definition) is 2. The maximum Gasteiger partial charge on any atom is 0.271 e. The molecule has 0 saturated heterocycles. The number of anilines is 2. The van der Waals surface area contributed by atoms with E-state index in [9.17, 15) is 17.6 Å². The van der Waals surface area contributed by atoms with Crippen molar-refractivity contribution in [2.45, 2.75) is 11.1 Å². The highest BCUT2D eigenvalue weighted by Gasteiger charge is 2.17. The zero-order valence-corrected chi connectivity index (χ0v) is 18.6. The van der Waals surface area contributed by atoms with Crippen molar-refractivity contribution in [1.29, 1.82) is 0 Å². The van der Waals surface area contributed by atoms with Crippen LogP contribution in [0.5, 0.6) is 0 Å². The average molecular weight is 474 g/mol. The molecule has 2 heterocycles. The summed E-state index contributed by atoms with van der Waals surface area (Å²) in [6.45, 7) is 1.87. The van der Waals surface area contributed by atoms with E-state index in [1.807, 2.05) is 6.92 Å². The Labute approximate surface area is 186 Å². The quantitative estimate of drug-likeness (QED) is 0.394. The van der Waals surface area contributed by atoms with Crippen LogP contribution in [0.3, 0.4) is 0 Å². The van der Waals surface area contributed by atoms with Crippen LogP contribution in [0.25, 0.3) is 11.3 Å². The smallest absolute Gasteiger partial charge is 0.271 e. The third-order valence-corrected chi connectivity index (χ3v) is 7.94. The fourth-order valence-corrected chi connectivity index (χ4v) is 5.71. The Balaban J connectivity index is 1.51. The van der Waals surface area contributed by atoms with Gasteiger partial charge in [0.25, 0.3) is 15.9 Å². The summed E-state index contributed by atoms with van der Waals surface area (Å²) >= 11 is 2.41. The monoisotopic (exact) mass is 473 g/mol. The molecule has 2 aromatic heterocycles. The Morgan fingerprint density at radius 1 is 1.06 bits per heavy atom. The number of thiophene rings is 1. The van der Waals surface area contributed by atoms with Crippen molar-refractivity contribution in [3.63, 3.8) is 0 Å². The number of benzene rings is 2. The first-order valence-corrected chi connectivity index (χ1v) is 12.2. The molecule has 0 spiro atoms. The van der Waals surface area contributed by atoms with E-state index < -0.39 is 15.9 Å². The number of nitrogens with one attached hydrogen (secondary N) is 2. The number of sulfonamides is 1. The molecule has 6 nitrogen and oxygen atoms in total. The SMILES string of the molecule is Cc1sc(NC(=O)c2cccc(NS(=O)(=O)c3cccs3)c2)nc1-c1ccc(F)cc1. The van der Waals surface area contributed by atoms with Crippen molar-refractivity contribution < 1.29 is 17.6 Å². The second-order valence-electron chi connectivity index (χ2n) is 6.50. The van der Waals surface area contributed by atoms with Gasteiger partial charge in [-0.3, -0.25) is 14.8 Å². The highest BCUT2D eigenvalue weighted by molar-refractivity contribution is 7.94. The van der Waals surface area contributed by atoms with E-state index in [0.717, 1.165) is 21.8 Å². The zero-order chi connectivity index (χ0) is 22.0. The summed E-state index contributed by atoms with van der Waals surface area (Å²) in [4.78, 5) is 18.0. The van der Waals surface area contributed by atoms with E-state index in [2.05, 4.69) is 15.0 Å². The van der Waals surface area contributed by atoms with Crippen molar-refractivity contribution in [2.24, 2.45) is 0 Å². The van der Waals surface area contributed by atoms with E-state index >= 15 is 0 Å². The number of carbonyl (C=O) groups excluding carboxylic acids is 1. The van der Waals surface area contributed by atoms with E-state index in [-0.39, 0.29) is 21.3 Å². The van der Waals surface area contributed by atoms with E-state index in [4.69, 9.17) is 0 Å². The summed E-state index contributed by atoms with van der Waals surface area (Å²) in [7, 11) is -3.71. The van der Waals surface area contributed by atoms with Crippen molar-refractivity contribution in [2.75, 3.05) is 10.0 Å². The topological polar surface area (TPSA) is 88.2 Å². The predicted octanol–water partition coefficient (Wildman–Crippen LogP) is 5.37. The van der Waals surface area contributed by atoms with Crippen molar-refractivity contribution in [3.05, 3.63) is 82.3 Å². The third-order valence-electron chi connectivity index (χ3n) is 4.27. The molecule has 4 aromatic rings. The van der Waals surface area contributed by atoms with E-state index in [0.29, 0.717) is 10.8 Å². The number of thiazole rings is 1. The lowest BCUT2D eigenvalue weighted by Gasteiger charge is -2.08. The standard InChI is InChI=1S/C21H16FN3O3S3/c1-13-19(14-7-9-16(22)10-8-14)23-21(30-13)24-20(26)15-4-2-5-17(12-15)25-31(27,28)18-6-3-11-29-18/h2-12,25H,1H3,(H,23,24,26). The van der Waals surface area contributed by atoms with Crippen molar-refractivity contribution >= 4 is 49.4 Å². The molecule has 10 heteroatoms. The molecule has 2 aromatic carbocycles. The predicted molar refractivity (Wildman–Crippen MR) is 122 cm³/mol. The van der Waals surface area contributed by atoms with Gasteiger partial charge in [-0.2, -0.15) is 0 Å². The lowest BCUT2D eigenvalue weighted by molar-refractivity contribution is 0.102. The van der Waals surface area contributed by atoms with Crippen LogP contribution in [0.4, 0.5) is 15.2 Å². The summed E-state index contributed by atoms with van der Waals surface area (Å²) in [5.41, 5.74) is 1.98. The normalized spacial score (nSPS) is 11.3. The molecule has 2 N–H and O–H groups in total. The van der Waals surface area contributed by atoms with Gasteiger partial charge in [0.15, 0.2) is 5.13 Å². The van der Waals surface area contributed by atoms with Gasteiger partial charge >= 0.3 is 0 Å². The number of carbonyl (C=O) groups is 1. The number of aryl methyl sites for hydroxylation is 1. The highest BCUT2D eigenvalue weighted by Crippen LogP contribution is 2.31. The summed E-state index contributed by atoms with van der Waals surface area (Å²) in [5.74, 6) is -0.753. The maximum absolute atomic E-state index is 13.2. The first-order valence-electron chi connectivity index (χ1n) is 9.03. The number of halogens is 1. The maximum atomic E-state index is 13.2. The van der Waals surface area contributed by atoms with Gasteiger partial charge in [-0.1, -0.05) is 12.1 Å². The molecule has 0 aliphatic rings. The molecule has 0 saturated carbocycles. The Morgan fingerprint density at radius 3 is 2.55 bits per heavy atom. The molecular weight excluding hydrogens is 457 g/mol. The summed E-state index contributed by atoms with van der Waals surface area (Å²) in [6.07, 6.45) is 0. The molecule has 0 aliphatic heterocycles. The molecule has 0 atom stereocenters. The number of nitrogens with zero attached hydrogens (tertiary/aromatic N) is 1. The van der Waals surface area contributed by atoms with Crippen molar-refractivity contribution in [3.8, 4) is 11.3 Å². The third kappa shape index (κ3) is 4.82. The van der Waals surface area contributed by atoms with Crippen LogP contribution in [0.2, 0.25) is 0 Å². The van der Waals surface area contributed by atoms with Gasteiger partial charge in [0, 0.05) is 21.7 Å². The van der Waals surface area contributed by atoms with Gasteiger partial charge < -0.3 is 0 Å². The first kappa shape index (κ1) is 21.2. The minimum Gasteiger partial charge on any atom is -0.298 e. The van der Waals surface area contributed by atoms with Crippen LogP contribution in [0.15, 0.2) is 70.3 Å². The Kier molecular flexibility index (Phi) is 5.86. The molecule has 0 bridgehead atoms. The number of aromatic nitrogens is 1. The molecule has 0 fully saturated rings. The van der Waals surface area contributed by atoms with Gasteiger partial charge in [-0.25, -0.2) is 17.8 Å². The van der Waals surface area contributed by atoms with E-state index in [1.165, 1.54) is 35.6 Å². The number of rotatable bonds is 6. The second-order valence-corrected chi connectivity index (χ2v) is 10.6. The summed E-state index contributed by atoms with van der Waals surface area (Å²) < 4.78 is 40.6. The number of amides is 1. The molecule has 31 heavy (non-hydrogen) atoms. The second kappa shape index (κ2) is 8.58. The fraction of sp³-hybridized carbons (Fsp3) is 0.0476. The summed E-state index contributed by atoms with van der Waals surface area (Å²) in [6, 6.07) is 15.3. The minimum atomic E-state index is -3.71. The van der Waals surface area contributed by atoms with Crippen LogP contribution in [-0.2, 0) is 10.0 Å². The van der Waals surface area contributed by atoms with Gasteiger partial charge in [-0.15, -0.1) is 22.7 Å². The molecule has 0 aliphatic carbocycles. The van der Waals surface area contributed by atoms with Crippen LogP contribution in [0, 0.1) is 12.7 Å². The Bertz CT molecular complexity index is 1330. The van der Waals surface area contributed by atoms with Crippen LogP contribution >= 0.6 is 22.7 Å².